The van der Waals surface area contributed by atoms with E-state index >= 15 is 4.39 Å². The summed E-state index contributed by atoms with van der Waals surface area (Å²) in [5, 5.41) is 13.8. The first-order valence-electron chi connectivity index (χ1n) is 7.15. The zero-order valence-electron chi connectivity index (χ0n) is 13.1. The number of aromatic hydroxyl groups is 1. The Morgan fingerprint density at radius 2 is 2.12 bits per heavy atom. The third-order valence-electron chi connectivity index (χ3n) is 3.81. The fourth-order valence-electron chi connectivity index (χ4n) is 2.73. The van der Waals surface area contributed by atoms with E-state index in [0.717, 1.165) is 23.1 Å². The Labute approximate surface area is 157 Å². The molecular formula is C15H12Cl2FN3O4S. The Hall–Kier alpha value is -2.10. The molecule has 2 atom stereocenters. The van der Waals surface area contributed by atoms with Crippen LogP contribution in [0.1, 0.15) is 0 Å². The molecule has 138 valence electrons. The van der Waals surface area contributed by atoms with Gasteiger partial charge in [0.25, 0.3) is 5.91 Å². The maximum absolute atomic E-state index is 15.0. The first-order valence-corrected chi connectivity index (χ1v) is 9.80. The van der Waals surface area contributed by atoms with Crippen molar-refractivity contribution in [3.63, 3.8) is 0 Å². The minimum absolute atomic E-state index is 0.0149. The molecule has 26 heavy (non-hydrogen) atoms. The molecule has 0 spiro atoms. The van der Waals surface area contributed by atoms with Crippen molar-refractivity contribution in [2.45, 2.75) is 11.7 Å². The summed E-state index contributed by atoms with van der Waals surface area (Å²) in [4.78, 5) is 12.8. The van der Waals surface area contributed by atoms with E-state index in [0.29, 0.717) is 0 Å². The molecule has 2 aromatic rings. The van der Waals surface area contributed by atoms with Gasteiger partial charge in [0.05, 0.1) is 11.8 Å². The Morgan fingerprint density at radius 1 is 1.42 bits per heavy atom. The topological polar surface area (TPSA) is 101 Å². The summed E-state index contributed by atoms with van der Waals surface area (Å²) in [5.41, 5.74) is -2.02. The number of hydrogen-bond acceptors (Lipinski definition) is 5. The highest BCUT2D eigenvalue weighted by Gasteiger charge is 2.50. The Morgan fingerprint density at radius 3 is 2.77 bits per heavy atom. The lowest BCUT2D eigenvalue weighted by Crippen LogP contribution is -2.55. The van der Waals surface area contributed by atoms with Crippen molar-refractivity contribution >= 4 is 50.0 Å². The number of carbonyl (C=O) groups excluding carboxylic acids is 1. The summed E-state index contributed by atoms with van der Waals surface area (Å²) in [6.07, 6.45) is 2.11. The fourth-order valence-corrected chi connectivity index (χ4v) is 3.69. The Balaban J connectivity index is 2.33. The number of amides is 1. The minimum atomic E-state index is -3.99. The van der Waals surface area contributed by atoms with E-state index < -0.39 is 27.6 Å². The summed E-state index contributed by atoms with van der Waals surface area (Å²) >= 11 is 12.0. The molecule has 0 saturated heterocycles. The maximum atomic E-state index is 15.0. The van der Waals surface area contributed by atoms with Crippen LogP contribution in [0.3, 0.4) is 0 Å². The molecule has 0 fully saturated rings. The second-order valence-electron chi connectivity index (χ2n) is 5.72. The van der Waals surface area contributed by atoms with Gasteiger partial charge in [-0.15, -0.1) is 0 Å². The fraction of sp³-hybridized carbons (Fsp3) is 0.200. The first-order chi connectivity index (χ1) is 12.0. The lowest BCUT2D eigenvalue weighted by Gasteiger charge is -2.33. The lowest BCUT2D eigenvalue weighted by molar-refractivity contribution is -0.128. The molecule has 7 nitrogen and oxygen atoms in total. The maximum Gasteiger partial charge on any atom is 0.268 e. The molecule has 1 heterocycles. The van der Waals surface area contributed by atoms with Gasteiger partial charge in [-0.05, 0) is 36.4 Å². The monoisotopic (exact) mass is 419 g/mol. The van der Waals surface area contributed by atoms with Gasteiger partial charge in [0.1, 0.15) is 5.75 Å². The Kier molecular flexibility index (Phi) is 4.50. The first kappa shape index (κ1) is 18.7. The number of halogens is 3. The van der Waals surface area contributed by atoms with Gasteiger partial charge in [-0.1, -0.05) is 23.2 Å². The molecule has 0 aliphatic heterocycles. The van der Waals surface area contributed by atoms with E-state index in [-0.39, 0.29) is 26.8 Å². The second kappa shape index (κ2) is 6.26. The SMILES string of the molecule is CS(=O)(=O)NC(=O)C1(n2nc(Cl)c3cc(O)ccc32)C=C(Cl)C=CC1F. The van der Waals surface area contributed by atoms with E-state index in [2.05, 4.69) is 5.10 Å². The molecule has 1 aromatic heterocycles. The van der Waals surface area contributed by atoms with Crippen molar-refractivity contribution in [2.75, 3.05) is 6.26 Å². The number of sulfonamides is 1. The van der Waals surface area contributed by atoms with Gasteiger partial charge < -0.3 is 5.11 Å². The van der Waals surface area contributed by atoms with Crippen molar-refractivity contribution in [3.8, 4) is 5.75 Å². The molecule has 0 radical (unpaired) electrons. The molecule has 1 aliphatic carbocycles. The van der Waals surface area contributed by atoms with E-state index in [9.17, 15) is 18.3 Å². The quantitative estimate of drug-likeness (QED) is 0.793. The predicted octanol–water partition coefficient (Wildman–Crippen LogP) is 2.20. The van der Waals surface area contributed by atoms with Crippen molar-refractivity contribution < 1.29 is 22.7 Å². The number of benzene rings is 1. The number of hydrogen-bond donors (Lipinski definition) is 2. The molecule has 1 aromatic carbocycles. The zero-order chi connectivity index (χ0) is 19.3. The third-order valence-corrected chi connectivity index (χ3v) is 4.88. The number of nitrogens with zero attached hydrogens (tertiary/aromatic N) is 2. The normalized spacial score (nSPS) is 23.1. The van der Waals surface area contributed by atoms with E-state index in [4.69, 9.17) is 23.2 Å². The highest BCUT2D eigenvalue weighted by Crippen LogP contribution is 2.38. The van der Waals surface area contributed by atoms with Crippen molar-refractivity contribution in [1.29, 1.82) is 0 Å². The average molecular weight is 420 g/mol. The van der Waals surface area contributed by atoms with Gasteiger partial charge >= 0.3 is 0 Å². The smallest absolute Gasteiger partial charge is 0.268 e. The Bertz CT molecular complexity index is 1080. The molecule has 3 rings (SSSR count). The number of carbonyl (C=O) groups is 1. The van der Waals surface area contributed by atoms with E-state index in [1.54, 1.807) is 4.72 Å². The molecule has 11 heteroatoms. The predicted molar refractivity (Wildman–Crippen MR) is 95.3 cm³/mol. The van der Waals surface area contributed by atoms with Crippen LogP contribution < -0.4 is 4.72 Å². The van der Waals surface area contributed by atoms with Crippen LogP contribution in [0.25, 0.3) is 10.9 Å². The van der Waals surface area contributed by atoms with Crippen LogP contribution in [-0.4, -0.2) is 41.6 Å². The zero-order valence-corrected chi connectivity index (χ0v) is 15.5. The van der Waals surface area contributed by atoms with Gasteiger partial charge in [-0.3, -0.25) is 9.52 Å². The number of fused-ring (bicyclic) bond motifs is 1. The van der Waals surface area contributed by atoms with Gasteiger partial charge in [0, 0.05) is 10.4 Å². The van der Waals surface area contributed by atoms with Crippen LogP contribution >= 0.6 is 23.2 Å². The molecular weight excluding hydrogens is 408 g/mol. The molecule has 1 amide bonds. The number of aromatic nitrogens is 2. The number of phenolic OH excluding ortho intramolecular Hbond substituents is 1. The van der Waals surface area contributed by atoms with Crippen LogP contribution in [0.4, 0.5) is 4.39 Å². The highest BCUT2D eigenvalue weighted by molar-refractivity contribution is 7.89. The summed E-state index contributed by atoms with van der Waals surface area (Å²) in [5.74, 6) is -1.30. The van der Waals surface area contributed by atoms with Crippen LogP contribution in [0, 0.1) is 0 Å². The summed E-state index contributed by atoms with van der Waals surface area (Å²) in [6, 6.07) is 3.97. The number of phenols is 1. The number of alkyl halides is 1. The van der Waals surface area contributed by atoms with Crippen molar-refractivity contribution in [1.82, 2.24) is 14.5 Å². The summed E-state index contributed by atoms with van der Waals surface area (Å²) < 4.78 is 40.8. The average Bonchev–Trinajstić information content (AvgIpc) is 2.85. The minimum Gasteiger partial charge on any atom is -0.508 e. The lowest BCUT2D eigenvalue weighted by atomic mass is 9.88. The highest BCUT2D eigenvalue weighted by atomic mass is 35.5. The largest absolute Gasteiger partial charge is 0.508 e. The number of nitrogens with one attached hydrogen (secondary N) is 1. The third kappa shape index (κ3) is 3.06. The van der Waals surface area contributed by atoms with Crippen molar-refractivity contribution in [2.24, 2.45) is 0 Å². The van der Waals surface area contributed by atoms with Crippen LogP contribution in [-0.2, 0) is 20.4 Å². The van der Waals surface area contributed by atoms with Crippen LogP contribution in [0.2, 0.25) is 5.15 Å². The van der Waals surface area contributed by atoms with Gasteiger partial charge in [0.15, 0.2) is 16.9 Å². The number of allylic oxidation sites excluding steroid dienone is 3. The molecule has 1 aliphatic rings. The second-order valence-corrected chi connectivity index (χ2v) is 8.27. The van der Waals surface area contributed by atoms with Gasteiger partial charge in [-0.25, -0.2) is 17.5 Å². The molecule has 0 bridgehead atoms. The standard InChI is InChI=1S/C15H12Cl2FN3O4S/c1-26(24,25)20-14(23)15(7-8(16)2-5-12(15)18)21-11-4-3-9(22)6-10(11)13(17)19-21/h2-7,12,22H,1H3,(H,20,23). The van der Waals surface area contributed by atoms with Gasteiger partial charge in [0.2, 0.25) is 10.0 Å². The number of rotatable bonds is 3. The summed E-state index contributed by atoms with van der Waals surface area (Å²) in [6.45, 7) is 0. The molecule has 0 saturated carbocycles. The van der Waals surface area contributed by atoms with Gasteiger partial charge in [-0.2, -0.15) is 5.10 Å². The summed E-state index contributed by atoms with van der Waals surface area (Å²) in [7, 11) is -3.99. The van der Waals surface area contributed by atoms with Crippen LogP contribution in [0.15, 0.2) is 41.5 Å². The van der Waals surface area contributed by atoms with Crippen molar-refractivity contribution in [3.05, 3.63) is 46.6 Å². The molecule has 2 unspecified atom stereocenters. The van der Waals surface area contributed by atoms with Crippen LogP contribution in [0.5, 0.6) is 5.75 Å². The van der Waals surface area contributed by atoms with E-state index in [1.165, 1.54) is 24.3 Å². The van der Waals surface area contributed by atoms with E-state index in [1.807, 2.05) is 0 Å². The molecule has 2 N–H and O–H groups in total.